The first kappa shape index (κ1) is 15.6. The molecule has 0 atom stereocenters. The molecule has 124 valence electrons. The molecule has 5 nitrogen and oxygen atoms in total. The fourth-order valence-corrected chi connectivity index (χ4v) is 3.40. The quantitative estimate of drug-likeness (QED) is 0.771. The Labute approximate surface area is 148 Å². The molecule has 2 heterocycles. The van der Waals surface area contributed by atoms with E-state index in [1.54, 1.807) is 0 Å². The molecule has 1 aromatic heterocycles. The number of fused-ring (bicyclic) bond motifs is 2. The van der Waals surface area contributed by atoms with Crippen molar-refractivity contribution in [2.75, 3.05) is 13.2 Å². The maximum absolute atomic E-state index is 6.31. The number of hydrogen-bond acceptors (Lipinski definition) is 4. The van der Waals surface area contributed by atoms with Gasteiger partial charge in [0.25, 0.3) is 0 Å². The van der Waals surface area contributed by atoms with Crippen LogP contribution in [0, 0.1) is 0 Å². The molecule has 0 unspecified atom stereocenters. The number of ether oxygens (including phenoxy) is 2. The van der Waals surface area contributed by atoms with E-state index < -0.39 is 0 Å². The van der Waals surface area contributed by atoms with Crippen molar-refractivity contribution >= 4 is 34.2 Å². The molecule has 1 aliphatic heterocycles. The van der Waals surface area contributed by atoms with Crippen molar-refractivity contribution < 1.29 is 9.47 Å². The Morgan fingerprint density at radius 1 is 1.08 bits per heavy atom. The zero-order chi connectivity index (χ0) is 16.7. The molecule has 0 bridgehead atoms. The molecule has 0 saturated heterocycles. The molecule has 1 aliphatic rings. The van der Waals surface area contributed by atoms with Crippen molar-refractivity contribution in [1.29, 1.82) is 0 Å². The van der Waals surface area contributed by atoms with Gasteiger partial charge >= 0.3 is 0 Å². The van der Waals surface area contributed by atoms with Crippen molar-refractivity contribution in [2.45, 2.75) is 13.1 Å². The average Bonchev–Trinajstić information content (AvgIpc) is 2.93. The SMILES string of the molecule is NCc1nc2cc3c(cc2n1Cc1c(Cl)cccc1Cl)OCCO3. The summed E-state index contributed by atoms with van der Waals surface area (Å²) < 4.78 is 13.3. The van der Waals surface area contributed by atoms with E-state index in [9.17, 15) is 0 Å². The van der Waals surface area contributed by atoms with Crippen LogP contribution in [0.1, 0.15) is 11.4 Å². The highest BCUT2D eigenvalue weighted by molar-refractivity contribution is 6.36. The molecule has 0 saturated carbocycles. The summed E-state index contributed by atoms with van der Waals surface area (Å²) in [4.78, 5) is 4.61. The third kappa shape index (κ3) is 2.59. The molecule has 3 aromatic rings. The van der Waals surface area contributed by atoms with Gasteiger partial charge in [-0.05, 0) is 12.1 Å². The van der Waals surface area contributed by atoms with E-state index in [4.69, 9.17) is 38.4 Å². The standard InChI is InChI=1S/C17H15Cl2N3O2/c18-11-2-1-3-12(19)10(11)9-22-14-7-16-15(23-4-5-24-16)6-13(14)21-17(22)8-20/h1-3,6-7H,4-5,8-9,20H2. The Morgan fingerprint density at radius 2 is 1.75 bits per heavy atom. The third-order valence-corrected chi connectivity index (χ3v) is 4.76. The molecule has 2 aromatic carbocycles. The van der Waals surface area contributed by atoms with E-state index in [0.29, 0.717) is 47.8 Å². The topological polar surface area (TPSA) is 62.3 Å². The van der Waals surface area contributed by atoms with E-state index in [0.717, 1.165) is 22.4 Å². The lowest BCUT2D eigenvalue weighted by Crippen LogP contribution is -2.15. The van der Waals surface area contributed by atoms with Gasteiger partial charge < -0.3 is 19.8 Å². The smallest absolute Gasteiger partial charge is 0.163 e. The van der Waals surface area contributed by atoms with Gasteiger partial charge in [-0.1, -0.05) is 29.3 Å². The predicted octanol–water partition coefficient (Wildman–Crippen LogP) is 3.62. The molecule has 0 amide bonds. The molecule has 0 radical (unpaired) electrons. The fraction of sp³-hybridized carbons (Fsp3) is 0.235. The maximum atomic E-state index is 6.31. The van der Waals surface area contributed by atoms with Crippen LogP contribution >= 0.6 is 23.2 Å². The van der Waals surface area contributed by atoms with Gasteiger partial charge in [-0.15, -0.1) is 0 Å². The molecule has 24 heavy (non-hydrogen) atoms. The first-order valence-corrected chi connectivity index (χ1v) is 8.34. The molecule has 2 N–H and O–H groups in total. The number of hydrogen-bond donors (Lipinski definition) is 1. The van der Waals surface area contributed by atoms with Gasteiger partial charge in [-0.3, -0.25) is 0 Å². The lowest BCUT2D eigenvalue weighted by molar-refractivity contribution is 0.172. The van der Waals surface area contributed by atoms with Gasteiger partial charge in [-0.25, -0.2) is 4.98 Å². The highest BCUT2D eigenvalue weighted by Gasteiger charge is 2.19. The van der Waals surface area contributed by atoms with Crippen LogP contribution in [0.3, 0.4) is 0 Å². The van der Waals surface area contributed by atoms with Crippen LogP contribution in [-0.2, 0) is 13.1 Å². The average molecular weight is 364 g/mol. The minimum atomic E-state index is 0.309. The van der Waals surface area contributed by atoms with E-state index >= 15 is 0 Å². The first-order valence-electron chi connectivity index (χ1n) is 7.59. The summed E-state index contributed by atoms with van der Waals surface area (Å²) in [5, 5.41) is 1.23. The van der Waals surface area contributed by atoms with Crippen molar-refractivity contribution in [2.24, 2.45) is 5.73 Å². The Kier molecular flexibility index (Phi) is 4.00. The number of nitrogens with zero attached hydrogens (tertiary/aromatic N) is 2. The Bertz CT molecular complexity index is 904. The molecule has 0 spiro atoms. The van der Waals surface area contributed by atoms with Crippen LogP contribution in [0.5, 0.6) is 11.5 Å². The van der Waals surface area contributed by atoms with E-state index in [1.807, 2.05) is 34.9 Å². The number of aromatic nitrogens is 2. The van der Waals surface area contributed by atoms with E-state index in [2.05, 4.69) is 4.98 Å². The summed E-state index contributed by atoms with van der Waals surface area (Å²) >= 11 is 12.6. The van der Waals surface area contributed by atoms with Crippen LogP contribution < -0.4 is 15.2 Å². The highest BCUT2D eigenvalue weighted by Crippen LogP contribution is 2.35. The summed E-state index contributed by atoms with van der Waals surface area (Å²) in [6.07, 6.45) is 0. The Balaban J connectivity index is 1.87. The minimum Gasteiger partial charge on any atom is -0.486 e. The molecule has 0 aliphatic carbocycles. The monoisotopic (exact) mass is 363 g/mol. The summed E-state index contributed by atoms with van der Waals surface area (Å²) in [6.45, 7) is 1.87. The van der Waals surface area contributed by atoms with Crippen molar-refractivity contribution in [3.63, 3.8) is 0 Å². The third-order valence-electron chi connectivity index (χ3n) is 4.05. The van der Waals surface area contributed by atoms with E-state index in [1.165, 1.54) is 0 Å². The second-order valence-electron chi connectivity index (χ2n) is 5.50. The molecule has 7 heteroatoms. The highest BCUT2D eigenvalue weighted by atomic mass is 35.5. The normalized spacial score (nSPS) is 13.5. The van der Waals surface area contributed by atoms with Crippen molar-refractivity contribution in [1.82, 2.24) is 9.55 Å². The fourth-order valence-electron chi connectivity index (χ4n) is 2.89. The number of benzene rings is 2. The summed E-state index contributed by atoms with van der Waals surface area (Å²) in [7, 11) is 0. The van der Waals surface area contributed by atoms with Crippen molar-refractivity contribution in [3.8, 4) is 11.5 Å². The van der Waals surface area contributed by atoms with Crippen LogP contribution in [0.4, 0.5) is 0 Å². The van der Waals surface area contributed by atoms with Crippen LogP contribution in [0.25, 0.3) is 11.0 Å². The summed E-state index contributed by atoms with van der Waals surface area (Å²) in [5.74, 6) is 2.17. The van der Waals surface area contributed by atoms with Gasteiger partial charge in [0.2, 0.25) is 0 Å². The minimum absolute atomic E-state index is 0.309. The summed E-state index contributed by atoms with van der Waals surface area (Å²) in [6, 6.07) is 9.28. The zero-order valence-corrected chi connectivity index (χ0v) is 14.3. The molecular formula is C17H15Cl2N3O2. The second kappa shape index (κ2) is 6.16. The van der Waals surface area contributed by atoms with Crippen LogP contribution in [0.15, 0.2) is 30.3 Å². The largest absolute Gasteiger partial charge is 0.486 e. The number of imidazole rings is 1. The van der Waals surface area contributed by atoms with Gasteiger partial charge in [-0.2, -0.15) is 0 Å². The molecule has 4 rings (SSSR count). The number of halogens is 2. The lowest BCUT2D eigenvalue weighted by Gasteiger charge is -2.18. The van der Waals surface area contributed by atoms with Crippen molar-refractivity contribution in [3.05, 3.63) is 51.8 Å². The molecular weight excluding hydrogens is 349 g/mol. The van der Waals surface area contributed by atoms with Gasteiger partial charge in [0.05, 0.1) is 24.1 Å². The van der Waals surface area contributed by atoms with Gasteiger partial charge in [0, 0.05) is 27.7 Å². The number of nitrogens with two attached hydrogens (primary N) is 1. The predicted molar refractivity (Wildman–Crippen MR) is 94.2 cm³/mol. The Morgan fingerprint density at radius 3 is 2.42 bits per heavy atom. The number of rotatable bonds is 3. The second-order valence-corrected chi connectivity index (χ2v) is 6.32. The van der Waals surface area contributed by atoms with Gasteiger partial charge in [0.15, 0.2) is 11.5 Å². The Hall–Kier alpha value is -1.95. The van der Waals surface area contributed by atoms with E-state index in [-0.39, 0.29) is 0 Å². The lowest BCUT2D eigenvalue weighted by atomic mass is 10.2. The van der Waals surface area contributed by atoms with Gasteiger partial charge in [0.1, 0.15) is 19.0 Å². The zero-order valence-electron chi connectivity index (χ0n) is 12.8. The van der Waals surface area contributed by atoms with Crippen LogP contribution in [0.2, 0.25) is 10.0 Å². The first-order chi connectivity index (χ1) is 11.7. The van der Waals surface area contributed by atoms with Crippen LogP contribution in [-0.4, -0.2) is 22.8 Å². The molecule has 0 fully saturated rings. The summed E-state index contributed by atoms with van der Waals surface area (Å²) in [5.41, 5.74) is 8.44. The maximum Gasteiger partial charge on any atom is 0.163 e.